The Kier molecular flexibility index (Phi) is 3.01. The largest absolute Gasteiger partial charge is 0.376 e. The first-order valence-corrected chi connectivity index (χ1v) is 8.76. The van der Waals surface area contributed by atoms with E-state index in [1.54, 1.807) is 0 Å². The molecule has 1 aromatic heterocycles. The number of nitrogens with zero attached hydrogens (tertiary/aromatic N) is 1. The van der Waals surface area contributed by atoms with Crippen molar-refractivity contribution in [2.24, 2.45) is 13.0 Å². The first-order valence-electron chi connectivity index (χ1n) is 8.76. The molecule has 0 unspecified atom stereocenters. The number of ether oxygens (including phenoxy) is 1. The van der Waals surface area contributed by atoms with Gasteiger partial charge in [-0.15, -0.1) is 0 Å². The summed E-state index contributed by atoms with van der Waals surface area (Å²) < 4.78 is 8.52. The number of anilines is 1. The smallest absolute Gasteiger partial charge is 0.0901 e. The summed E-state index contributed by atoms with van der Waals surface area (Å²) in [7, 11) is 2.19. The Morgan fingerprint density at radius 1 is 1.08 bits per heavy atom. The Balaban J connectivity index is 1.65. The summed E-state index contributed by atoms with van der Waals surface area (Å²) in [5, 5.41) is 5.14. The Morgan fingerprint density at radius 3 is 2.71 bits per heavy atom. The van der Waals surface area contributed by atoms with Crippen LogP contribution >= 0.6 is 0 Å². The van der Waals surface area contributed by atoms with Crippen molar-refractivity contribution >= 4 is 16.6 Å². The lowest BCUT2D eigenvalue weighted by Crippen LogP contribution is -2.19. The molecule has 3 nitrogen and oxygen atoms in total. The van der Waals surface area contributed by atoms with E-state index in [9.17, 15) is 0 Å². The number of rotatable bonds is 2. The molecule has 0 saturated carbocycles. The van der Waals surface area contributed by atoms with Crippen LogP contribution in [0, 0.1) is 12.8 Å². The van der Waals surface area contributed by atoms with E-state index < -0.39 is 0 Å². The van der Waals surface area contributed by atoms with Gasteiger partial charge in [-0.2, -0.15) is 0 Å². The number of fused-ring (bicyclic) bond motifs is 5. The molecule has 2 heterocycles. The van der Waals surface area contributed by atoms with E-state index in [1.165, 1.54) is 33.4 Å². The molecule has 3 atom stereocenters. The van der Waals surface area contributed by atoms with Gasteiger partial charge in [0.25, 0.3) is 0 Å². The molecule has 122 valence electrons. The number of hydrogen-bond acceptors (Lipinski definition) is 2. The number of benzene rings is 2. The third-order valence-corrected chi connectivity index (χ3v) is 5.71. The molecule has 24 heavy (non-hydrogen) atoms. The first kappa shape index (κ1) is 14.1. The average Bonchev–Trinajstić information content (AvgIpc) is 3.25. The van der Waals surface area contributed by atoms with Crippen molar-refractivity contribution in [3.63, 3.8) is 0 Å². The molecule has 2 aromatic carbocycles. The Morgan fingerprint density at radius 2 is 1.88 bits per heavy atom. The van der Waals surface area contributed by atoms with Crippen molar-refractivity contribution in [3.05, 3.63) is 65.4 Å². The van der Waals surface area contributed by atoms with Gasteiger partial charge in [0.2, 0.25) is 0 Å². The molecule has 1 aliphatic carbocycles. The molecule has 1 fully saturated rings. The molecule has 5 rings (SSSR count). The highest BCUT2D eigenvalue weighted by molar-refractivity contribution is 5.87. The third kappa shape index (κ3) is 1.88. The van der Waals surface area contributed by atoms with Crippen molar-refractivity contribution in [1.29, 1.82) is 0 Å². The average molecular weight is 318 g/mol. The van der Waals surface area contributed by atoms with Crippen molar-refractivity contribution in [1.82, 2.24) is 4.57 Å². The van der Waals surface area contributed by atoms with Crippen LogP contribution in [0.4, 0.5) is 5.69 Å². The van der Waals surface area contributed by atoms with Crippen molar-refractivity contribution < 1.29 is 4.74 Å². The summed E-state index contributed by atoms with van der Waals surface area (Å²) in [6.45, 7) is 2.99. The number of hydrogen-bond donors (Lipinski definition) is 1. The third-order valence-electron chi connectivity index (χ3n) is 5.71. The molecule has 1 saturated heterocycles. The van der Waals surface area contributed by atoms with Crippen molar-refractivity contribution in [2.45, 2.75) is 25.5 Å². The summed E-state index contributed by atoms with van der Waals surface area (Å²) in [6.07, 6.45) is 1.35. The van der Waals surface area contributed by atoms with Crippen LogP contribution in [0.15, 0.2) is 48.5 Å². The predicted molar refractivity (Wildman–Crippen MR) is 97.3 cm³/mol. The molecule has 0 radical (unpaired) electrons. The number of nitrogens with one attached hydrogen (secondary N) is 1. The molecule has 0 bridgehead atoms. The zero-order valence-electron chi connectivity index (χ0n) is 14.1. The minimum Gasteiger partial charge on any atom is -0.376 e. The van der Waals surface area contributed by atoms with Gasteiger partial charge in [0.1, 0.15) is 0 Å². The van der Waals surface area contributed by atoms with Crippen LogP contribution < -0.4 is 5.32 Å². The van der Waals surface area contributed by atoms with E-state index in [0.29, 0.717) is 12.0 Å². The standard InChI is InChI=1S/C21H22N2O/c1-13-7-9-14(10-8-13)22-19-16-11-12-24-21(16)18-15-5-3-4-6-17(15)23(2)20(18)19/h3-10,16,19,21-22H,11-12H2,1-2H3/t16-,19-,21-/m1/s1. The van der Waals surface area contributed by atoms with Gasteiger partial charge < -0.3 is 14.6 Å². The Hall–Kier alpha value is -2.26. The normalized spacial score (nSPS) is 25.0. The monoisotopic (exact) mass is 318 g/mol. The molecular formula is C21H22N2O. The van der Waals surface area contributed by atoms with Gasteiger partial charge in [-0.05, 0) is 31.5 Å². The fraction of sp³-hybridized carbons (Fsp3) is 0.333. The maximum Gasteiger partial charge on any atom is 0.0901 e. The maximum absolute atomic E-state index is 6.16. The maximum atomic E-state index is 6.16. The van der Waals surface area contributed by atoms with Crippen molar-refractivity contribution in [3.8, 4) is 0 Å². The van der Waals surface area contributed by atoms with Crippen LogP contribution in [0.5, 0.6) is 0 Å². The molecule has 3 aromatic rings. The van der Waals surface area contributed by atoms with Crippen LogP contribution in [0.3, 0.4) is 0 Å². The first-order chi connectivity index (χ1) is 11.7. The van der Waals surface area contributed by atoms with Crippen LogP contribution in [0.25, 0.3) is 10.9 Å². The lowest BCUT2D eigenvalue weighted by Gasteiger charge is -2.23. The highest BCUT2D eigenvalue weighted by Gasteiger charge is 2.47. The minimum absolute atomic E-state index is 0.231. The van der Waals surface area contributed by atoms with Gasteiger partial charge in [0.05, 0.1) is 12.1 Å². The van der Waals surface area contributed by atoms with Crippen LogP contribution in [0.1, 0.15) is 35.4 Å². The Labute approximate surface area is 142 Å². The second-order valence-electron chi connectivity index (χ2n) is 7.11. The van der Waals surface area contributed by atoms with Gasteiger partial charge in [0.15, 0.2) is 0 Å². The molecule has 3 heteroatoms. The van der Waals surface area contributed by atoms with Crippen LogP contribution in [0.2, 0.25) is 0 Å². The summed E-state index contributed by atoms with van der Waals surface area (Å²) in [4.78, 5) is 0. The van der Waals surface area contributed by atoms with Gasteiger partial charge in [-0.25, -0.2) is 0 Å². The molecule has 0 spiro atoms. The second kappa shape index (κ2) is 5.12. The molecule has 2 aliphatic rings. The minimum atomic E-state index is 0.231. The number of aryl methyl sites for hydroxylation is 2. The molecule has 1 aliphatic heterocycles. The SMILES string of the molecule is Cc1ccc(N[C@H]2c3c(c4ccccc4n3C)[C@@H]3OCC[C@H]23)cc1. The summed E-state index contributed by atoms with van der Waals surface area (Å²) in [5.41, 5.74) is 6.58. The zero-order valence-corrected chi connectivity index (χ0v) is 14.1. The fourth-order valence-electron chi connectivity index (χ4n) is 4.57. The number of para-hydroxylation sites is 1. The van der Waals surface area contributed by atoms with E-state index in [0.717, 1.165) is 13.0 Å². The van der Waals surface area contributed by atoms with E-state index in [1.807, 2.05) is 0 Å². The lowest BCUT2D eigenvalue weighted by atomic mass is 9.97. The van der Waals surface area contributed by atoms with E-state index in [2.05, 4.69) is 72.4 Å². The van der Waals surface area contributed by atoms with Gasteiger partial charge in [0, 0.05) is 47.4 Å². The van der Waals surface area contributed by atoms with Gasteiger partial charge in [-0.3, -0.25) is 0 Å². The Bertz CT molecular complexity index is 909. The van der Waals surface area contributed by atoms with Gasteiger partial charge >= 0.3 is 0 Å². The summed E-state index contributed by atoms with van der Waals surface area (Å²) in [5.74, 6) is 0.520. The van der Waals surface area contributed by atoms with Crippen LogP contribution in [-0.2, 0) is 11.8 Å². The van der Waals surface area contributed by atoms with E-state index >= 15 is 0 Å². The predicted octanol–water partition coefficient (Wildman–Crippen LogP) is 4.73. The van der Waals surface area contributed by atoms with Crippen molar-refractivity contribution in [2.75, 3.05) is 11.9 Å². The van der Waals surface area contributed by atoms with Crippen LogP contribution in [-0.4, -0.2) is 11.2 Å². The van der Waals surface area contributed by atoms with E-state index in [-0.39, 0.29) is 6.10 Å². The fourth-order valence-corrected chi connectivity index (χ4v) is 4.57. The zero-order chi connectivity index (χ0) is 16.3. The molecular weight excluding hydrogens is 296 g/mol. The summed E-state index contributed by atoms with van der Waals surface area (Å²) >= 11 is 0. The quantitative estimate of drug-likeness (QED) is 0.739. The lowest BCUT2D eigenvalue weighted by molar-refractivity contribution is 0.0974. The van der Waals surface area contributed by atoms with Gasteiger partial charge in [-0.1, -0.05) is 35.9 Å². The summed E-state index contributed by atoms with van der Waals surface area (Å²) in [6, 6.07) is 17.7. The topological polar surface area (TPSA) is 26.2 Å². The number of aromatic nitrogens is 1. The molecule has 0 amide bonds. The highest BCUT2D eigenvalue weighted by atomic mass is 16.5. The molecule has 1 N–H and O–H groups in total. The highest BCUT2D eigenvalue weighted by Crippen LogP contribution is 2.54. The van der Waals surface area contributed by atoms with E-state index in [4.69, 9.17) is 4.74 Å². The second-order valence-corrected chi connectivity index (χ2v) is 7.11.